The summed E-state index contributed by atoms with van der Waals surface area (Å²) in [4.78, 5) is 3.01. The van der Waals surface area contributed by atoms with E-state index in [-0.39, 0.29) is 5.69 Å². The quantitative estimate of drug-likeness (QED) is 0.658. The second-order valence-electron chi connectivity index (χ2n) is 4.38. The lowest BCUT2D eigenvalue weighted by Crippen LogP contribution is -1.98. The number of nitrogens with one attached hydrogen (secondary N) is 1. The highest BCUT2D eigenvalue weighted by molar-refractivity contribution is 7.71. The van der Waals surface area contributed by atoms with Gasteiger partial charge in [-0.2, -0.15) is 0 Å². The van der Waals surface area contributed by atoms with Crippen molar-refractivity contribution < 1.29 is 8.78 Å². The maximum atomic E-state index is 13.9. The summed E-state index contributed by atoms with van der Waals surface area (Å²) in [6.45, 7) is 1.95. The number of nitrogens with zero attached hydrogens (tertiary/aromatic N) is 1. The molecule has 0 aliphatic rings. The van der Waals surface area contributed by atoms with E-state index in [0.717, 1.165) is 22.7 Å². The average Bonchev–Trinajstić information content (AvgIpc) is 2.65. The molecule has 0 aliphatic carbocycles. The maximum Gasteiger partial charge on any atom is 0.182 e. The molecule has 2 nitrogen and oxygen atoms in total. The Hall–Kier alpha value is -2.01. The monoisotopic (exact) mass is 276 g/mol. The van der Waals surface area contributed by atoms with Crippen molar-refractivity contribution in [3.8, 4) is 5.69 Å². The summed E-state index contributed by atoms with van der Waals surface area (Å²) in [6, 6.07) is 9.19. The van der Waals surface area contributed by atoms with Crippen LogP contribution < -0.4 is 0 Å². The summed E-state index contributed by atoms with van der Waals surface area (Å²) >= 11 is 5.22. The molecule has 0 fully saturated rings. The number of aromatic amines is 1. The van der Waals surface area contributed by atoms with Crippen LogP contribution in [0.15, 0.2) is 36.4 Å². The van der Waals surface area contributed by atoms with Crippen molar-refractivity contribution >= 4 is 23.3 Å². The summed E-state index contributed by atoms with van der Waals surface area (Å²) in [5, 5.41) is 0. The molecule has 0 atom stereocenters. The van der Waals surface area contributed by atoms with Gasteiger partial charge in [-0.1, -0.05) is 6.07 Å². The molecule has 0 amide bonds. The van der Waals surface area contributed by atoms with Gasteiger partial charge < -0.3 is 4.98 Å². The van der Waals surface area contributed by atoms with Crippen LogP contribution in [0.25, 0.3) is 16.7 Å². The molecule has 0 bridgehead atoms. The lowest BCUT2D eigenvalue weighted by atomic mass is 10.2. The molecule has 1 N–H and O–H groups in total. The normalized spacial score (nSPS) is 11.1. The zero-order valence-electron chi connectivity index (χ0n) is 10.1. The smallest absolute Gasteiger partial charge is 0.182 e. The van der Waals surface area contributed by atoms with E-state index in [1.54, 1.807) is 4.57 Å². The van der Waals surface area contributed by atoms with Crippen molar-refractivity contribution in [2.45, 2.75) is 6.92 Å². The van der Waals surface area contributed by atoms with Crippen molar-refractivity contribution in [3.63, 3.8) is 0 Å². The van der Waals surface area contributed by atoms with Gasteiger partial charge in [0.05, 0.1) is 16.7 Å². The molecule has 0 radical (unpaired) electrons. The third-order valence-corrected chi connectivity index (χ3v) is 3.27. The first-order chi connectivity index (χ1) is 9.06. The van der Waals surface area contributed by atoms with E-state index in [9.17, 15) is 8.78 Å². The lowest BCUT2D eigenvalue weighted by molar-refractivity contribution is 0.578. The number of halogens is 2. The molecule has 1 heterocycles. The summed E-state index contributed by atoms with van der Waals surface area (Å²) in [6.07, 6.45) is 0. The van der Waals surface area contributed by atoms with Gasteiger partial charge in [-0.15, -0.1) is 0 Å². The van der Waals surface area contributed by atoms with Gasteiger partial charge in [0.2, 0.25) is 0 Å². The van der Waals surface area contributed by atoms with Crippen LogP contribution in [-0.4, -0.2) is 9.55 Å². The van der Waals surface area contributed by atoms with E-state index in [1.807, 2.05) is 25.1 Å². The summed E-state index contributed by atoms with van der Waals surface area (Å²) in [7, 11) is 0. The summed E-state index contributed by atoms with van der Waals surface area (Å²) in [5.41, 5.74) is 2.87. The fourth-order valence-corrected chi connectivity index (χ4v) is 2.42. The number of benzene rings is 2. The minimum absolute atomic E-state index is 0.239. The predicted octanol–water partition coefficient (Wildman–Crippen LogP) is 4.27. The summed E-state index contributed by atoms with van der Waals surface area (Å²) in [5.74, 6) is -1.25. The minimum Gasteiger partial charge on any atom is -0.330 e. The zero-order valence-corrected chi connectivity index (χ0v) is 10.9. The molecule has 0 unspecified atom stereocenters. The van der Waals surface area contributed by atoms with Crippen LogP contribution in [0.3, 0.4) is 0 Å². The highest BCUT2D eigenvalue weighted by Gasteiger charge is 2.11. The first kappa shape index (κ1) is 12.0. The van der Waals surface area contributed by atoms with E-state index < -0.39 is 11.6 Å². The molecular weight excluding hydrogens is 266 g/mol. The van der Waals surface area contributed by atoms with E-state index >= 15 is 0 Å². The molecule has 19 heavy (non-hydrogen) atoms. The van der Waals surface area contributed by atoms with Crippen molar-refractivity contribution in [2.75, 3.05) is 0 Å². The van der Waals surface area contributed by atoms with Crippen LogP contribution in [0.2, 0.25) is 0 Å². The van der Waals surface area contributed by atoms with Crippen LogP contribution in [0, 0.1) is 23.3 Å². The van der Waals surface area contributed by atoms with Crippen molar-refractivity contribution in [1.82, 2.24) is 9.55 Å². The Morgan fingerprint density at radius 2 is 1.89 bits per heavy atom. The predicted molar refractivity (Wildman–Crippen MR) is 73.1 cm³/mol. The molecule has 0 spiro atoms. The van der Waals surface area contributed by atoms with Crippen molar-refractivity contribution in [1.29, 1.82) is 0 Å². The van der Waals surface area contributed by atoms with Gasteiger partial charge in [-0.3, -0.25) is 4.57 Å². The highest BCUT2D eigenvalue weighted by Crippen LogP contribution is 2.23. The SMILES string of the molecule is Cc1ccc2[nH]c(=S)n(-c3ccc(F)cc3F)c2c1. The van der Waals surface area contributed by atoms with Crippen molar-refractivity contribution in [2.24, 2.45) is 0 Å². The Kier molecular flexibility index (Phi) is 2.71. The third kappa shape index (κ3) is 1.96. The molecule has 0 saturated heterocycles. The fourth-order valence-electron chi connectivity index (χ4n) is 2.11. The van der Waals surface area contributed by atoms with Gasteiger partial charge in [0.15, 0.2) is 4.77 Å². The van der Waals surface area contributed by atoms with Crippen LogP contribution in [0.4, 0.5) is 8.78 Å². The molecule has 96 valence electrons. The second-order valence-corrected chi connectivity index (χ2v) is 4.77. The number of imidazole rings is 1. The highest BCUT2D eigenvalue weighted by atomic mass is 32.1. The minimum atomic E-state index is -0.640. The number of aromatic nitrogens is 2. The molecule has 3 aromatic rings. The van der Waals surface area contributed by atoms with E-state index in [0.29, 0.717) is 4.77 Å². The Labute approximate surface area is 113 Å². The summed E-state index contributed by atoms with van der Waals surface area (Å²) < 4.78 is 28.8. The van der Waals surface area contributed by atoms with Gasteiger partial charge in [0.1, 0.15) is 11.6 Å². The Morgan fingerprint density at radius 1 is 1.11 bits per heavy atom. The van der Waals surface area contributed by atoms with Crippen molar-refractivity contribution in [3.05, 3.63) is 58.4 Å². The third-order valence-electron chi connectivity index (χ3n) is 2.99. The number of H-pyrrole nitrogens is 1. The number of fused-ring (bicyclic) bond motifs is 1. The second kappa shape index (κ2) is 4.28. The van der Waals surface area contributed by atoms with Gasteiger partial charge >= 0.3 is 0 Å². The van der Waals surface area contributed by atoms with E-state index in [1.165, 1.54) is 12.1 Å². The number of aryl methyl sites for hydroxylation is 1. The van der Waals surface area contributed by atoms with Gasteiger partial charge in [-0.25, -0.2) is 8.78 Å². The van der Waals surface area contributed by atoms with Crippen LogP contribution in [-0.2, 0) is 0 Å². The fraction of sp³-hybridized carbons (Fsp3) is 0.0714. The standard InChI is InChI=1S/C14H10F2N2S/c1-8-2-4-11-13(6-8)18(14(19)17-11)12-5-3-9(15)7-10(12)16/h2-7H,1H3,(H,17,19). The van der Waals surface area contributed by atoms with E-state index in [4.69, 9.17) is 12.2 Å². The lowest BCUT2D eigenvalue weighted by Gasteiger charge is -2.06. The van der Waals surface area contributed by atoms with Gasteiger partial charge in [0, 0.05) is 6.07 Å². The molecule has 0 saturated carbocycles. The number of rotatable bonds is 1. The maximum absolute atomic E-state index is 13.9. The first-order valence-electron chi connectivity index (χ1n) is 5.73. The first-order valence-corrected chi connectivity index (χ1v) is 6.14. The Balaban J connectivity index is 2.38. The zero-order chi connectivity index (χ0) is 13.6. The molecule has 2 aromatic carbocycles. The average molecular weight is 276 g/mol. The largest absolute Gasteiger partial charge is 0.330 e. The molecule has 3 rings (SSSR count). The number of hydrogen-bond donors (Lipinski definition) is 1. The van der Waals surface area contributed by atoms with Gasteiger partial charge in [-0.05, 0) is 49.0 Å². The molecule has 0 aliphatic heterocycles. The van der Waals surface area contributed by atoms with Gasteiger partial charge in [0.25, 0.3) is 0 Å². The molecule has 1 aromatic heterocycles. The topological polar surface area (TPSA) is 20.7 Å². The number of hydrogen-bond acceptors (Lipinski definition) is 1. The molecular formula is C14H10F2N2S. The molecule has 5 heteroatoms. The Bertz CT molecular complexity index is 833. The Morgan fingerprint density at radius 3 is 2.63 bits per heavy atom. The van der Waals surface area contributed by atoms with Crippen LogP contribution in [0.1, 0.15) is 5.56 Å². The van der Waals surface area contributed by atoms with E-state index in [2.05, 4.69) is 4.98 Å². The van der Waals surface area contributed by atoms with Crippen LogP contribution in [0.5, 0.6) is 0 Å². The van der Waals surface area contributed by atoms with Crippen LogP contribution >= 0.6 is 12.2 Å².